The number of benzene rings is 1. The van der Waals surface area contributed by atoms with Crippen molar-refractivity contribution < 1.29 is 19.4 Å². The molecule has 2 heterocycles. The van der Waals surface area contributed by atoms with Crippen LogP contribution in [0.15, 0.2) is 22.6 Å². The van der Waals surface area contributed by atoms with Crippen LogP contribution in [-0.2, 0) is 4.79 Å². The molecule has 6 heteroatoms. The predicted molar refractivity (Wildman–Crippen MR) is 72.0 cm³/mol. The summed E-state index contributed by atoms with van der Waals surface area (Å²) in [6.45, 7) is 4.03. The van der Waals surface area contributed by atoms with Gasteiger partial charge in [0.25, 0.3) is 0 Å². The highest BCUT2D eigenvalue weighted by molar-refractivity contribution is 5.74. The van der Waals surface area contributed by atoms with Gasteiger partial charge in [0.05, 0.1) is 6.10 Å². The van der Waals surface area contributed by atoms with Crippen LogP contribution in [0.1, 0.15) is 20.3 Å². The topological polar surface area (TPSA) is 109 Å². The van der Waals surface area contributed by atoms with Crippen LogP contribution < -0.4 is 11.1 Å². The molecule has 0 fully saturated rings. The lowest BCUT2D eigenvalue weighted by Gasteiger charge is -2.12. The van der Waals surface area contributed by atoms with E-state index < -0.39 is 0 Å². The van der Waals surface area contributed by atoms with Gasteiger partial charge in [-0.25, -0.2) is 0 Å². The van der Waals surface area contributed by atoms with Crippen molar-refractivity contribution in [2.24, 2.45) is 5.73 Å². The molecule has 0 aromatic carbocycles. The van der Waals surface area contributed by atoms with Crippen molar-refractivity contribution in [2.45, 2.75) is 32.4 Å². The van der Waals surface area contributed by atoms with E-state index in [1.807, 2.05) is 13.0 Å². The summed E-state index contributed by atoms with van der Waals surface area (Å²) in [4.78, 5) is 10.4. The zero-order valence-electron chi connectivity index (χ0n) is 11.1. The number of fused-ring (bicyclic) bond motifs is 2. The Kier molecular flexibility index (Phi) is 5.59. The Morgan fingerprint density at radius 1 is 1.47 bits per heavy atom. The van der Waals surface area contributed by atoms with Gasteiger partial charge in [0.15, 0.2) is 11.3 Å². The lowest BCUT2D eigenvalue weighted by molar-refractivity contribution is -0.118. The number of phenols is 1. The molecule has 2 atom stereocenters. The average Bonchev–Trinajstić information content (AvgIpc) is 2.87. The summed E-state index contributed by atoms with van der Waals surface area (Å²) >= 11 is 0. The first-order chi connectivity index (χ1) is 8.88. The van der Waals surface area contributed by atoms with Gasteiger partial charge in [-0.1, -0.05) is 0 Å². The molecular formula is C13H20N2O4. The molecule has 0 spiro atoms. The molecule has 0 saturated carbocycles. The number of furan rings is 2. The largest absolute Gasteiger partial charge is 0.504 e. The number of nitrogens with two attached hydrogens (primary N) is 1. The van der Waals surface area contributed by atoms with Gasteiger partial charge in [-0.15, -0.1) is 0 Å². The molecule has 2 rings (SSSR count). The number of aliphatic hydroxyl groups excluding tert-OH is 1. The molecule has 0 aliphatic heterocycles. The highest BCUT2D eigenvalue weighted by Gasteiger charge is 2.05. The van der Waals surface area contributed by atoms with Crippen molar-refractivity contribution in [2.75, 3.05) is 6.54 Å². The summed E-state index contributed by atoms with van der Waals surface area (Å²) < 4.78 is 4.96. The molecule has 2 aromatic rings. The van der Waals surface area contributed by atoms with Crippen LogP contribution >= 0.6 is 0 Å². The number of hydrogen-bond acceptors (Lipinski definition) is 5. The van der Waals surface area contributed by atoms with E-state index in [-0.39, 0.29) is 23.8 Å². The fraction of sp³-hybridized carbons (Fsp3) is 0.462. The van der Waals surface area contributed by atoms with Crippen LogP contribution in [0.25, 0.3) is 11.2 Å². The first-order valence-corrected chi connectivity index (χ1v) is 6.09. The summed E-state index contributed by atoms with van der Waals surface area (Å²) in [5.74, 6) is -0.0851. The number of nitrogens with one attached hydrogen (secondary N) is 1. The minimum Gasteiger partial charge on any atom is -0.504 e. The summed E-state index contributed by atoms with van der Waals surface area (Å²) in [6, 6.07) is 5.19. The standard InChI is InChI=1S/C7H16N2O2.C6H4O2/c1-5(3-7(8)11)9-4-6(2)10;7-5-3-4-1-2-6(5)8-4/h5-6,9-10H,3-4H2,1-2H3,(H2,8,11);1-3,7H. The highest BCUT2D eigenvalue weighted by atomic mass is 16.4. The Morgan fingerprint density at radius 3 is 2.47 bits per heavy atom. The summed E-state index contributed by atoms with van der Waals surface area (Å²) in [5.41, 5.74) is 6.26. The van der Waals surface area contributed by atoms with E-state index in [1.165, 1.54) is 0 Å². The van der Waals surface area contributed by atoms with Gasteiger partial charge in [-0.2, -0.15) is 0 Å². The van der Waals surface area contributed by atoms with Gasteiger partial charge >= 0.3 is 0 Å². The molecule has 1 amide bonds. The maximum Gasteiger partial charge on any atom is 0.218 e. The number of amides is 1. The zero-order chi connectivity index (χ0) is 14.4. The Bertz CT molecular complexity index is 495. The second kappa shape index (κ2) is 6.96. The number of phenolic OH excluding ortho intramolecular Hbond substituents is 1. The lowest BCUT2D eigenvalue weighted by Crippen LogP contribution is -2.35. The third-order valence-corrected chi connectivity index (χ3v) is 2.43. The lowest BCUT2D eigenvalue weighted by atomic mass is 10.2. The number of primary amides is 1. The summed E-state index contributed by atoms with van der Waals surface area (Å²) in [5, 5.41) is 20.7. The molecule has 0 aliphatic rings. The minimum absolute atomic E-state index is 0.0436. The number of carbonyl (C=O) groups is 1. The second-order valence-electron chi connectivity index (χ2n) is 4.56. The fourth-order valence-electron chi connectivity index (χ4n) is 1.52. The SMILES string of the molecule is CC(O)CNC(C)CC(N)=O.Oc1cc2ccc1o2. The Balaban J connectivity index is 0.000000196. The van der Waals surface area contributed by atoms with Gasteiger partial charge in [-0.3, -0.25) is 4.79 Å². The van der Waals surface area contributed by atoms with Crippen molar-refractivity contribution >= 4 is 17.1 Å². The van der Waals surface area contributed by atoms with Gasteiger partial charge in [-0.05, 0) is 26.0 Å². The minimum atomic E-state index is -0.384. The van der Waals surface area contributed by atoms with Crippen molar-refractivity contribution in [3.63, 3.8) is 0 Å². The molecular weight excluding hydrogens is 248 g/mol. The van der Waals surface area contributed by atoms with Crippen molar-refractivity contribution in [1.29, 1.82) is 0 Å². The van der Waals surface area contributed by atoms with Gasteiger partial charge < -0.3 is 25.7 Å². The second-order valence-corrected chi connectivity index (χ2v) is 4.56. The van der Waals surface area contributed by atoms with Crippen molar-refractivity contribution in [1.82, 2.24) is 5.32 Å². The third-order valence-electron chi connectivity index (χ3n) is 2.43. The maximum absolute atomic E-state index is 10.4. The average molecular weight is 268 g/mol. The van der Waals surface area contributed by atoms with Gasteiger partial charge in [0.1, 0.15) is 5.58 Å². The Morgan fingerprint density at radius 2 is 2.16 bits per heavy atom. The van der Waals surface area contributed by atoms with E-state index >= 15 is 0 Å². The van der Waals surface area contributed by atoms with E-state index in [1.54, 1.807) is 19.1 Å². The molecule has 106 valence electrons. The number of hydrogen-bond donors (Lipinski definition) is 4. The van der Waals surface area contributed by atoms with Crippen LogP contribution in [0, 0.1) is 0 Å². The molecule has 2 aromatic heterocycles. The number of rotatable bonds is 5. The van der Waals surface area contributed by atoms with E-state index in [0.29, 0.717) is 18.5 Å². The first kappa shape index (κ1) is 15.3. The summed E-state index contributed by atoms with van der Waals surface area (Å²) in [7, 11) is 0. The fourth-order valence-corrected chi connectivity index (χ4v) is 1.52. The number of aromatic hydroxyl groups is 1. The molecule has 5 N–H and O–H groups in total. The van der Waals surface area contributed by atoms with Crippen LogP contribution in [0.4, 0.5) is 0 Å². The van der Waals surface area contributed by atoms with E-state index in [9.17, 15) is 4.79 Å². The van der Waals surface area contributed by atoms with Crippen LogP contribution in [0.5, 0.6) is 5.75 Å². The number of aliphatic hydroxyl groups is 1. The molecule has 6 nitrogen and oxygen atoms in total. The first-order valence-electron chi connectivity index (χ1n) is 6.09. The Labute approximate surface area is 111 Å². The van der Waals surface area contributed by atoms with E-state index in [2.05, 4.69) is 5.32 Å². The zero-order valence-corrected chi connectivity index (χ0v) is 11.1. The van der Waals surface area contributed by atoms with Gasteiger partial charge in [0.2, 0.25) is 5.91 Å². The van der Waals surface area contributed by atoms with Gasteiger partial charge in [0, 0.05) is 25.1 Å². The Hall–Kier alpha value is -1.79. The van der Waals surface area contributed by atoms with E-state index in [0.717, 1.165) is 5.58 Å². The maximum atomic E-state index is 10.4. The summed E-state index contributed by atoms with van der Waals surface area (Å²) in [6.07, 6.45) is -0.0717. The normalized spacial score (nSPS) is 13.8. The molecule has 0 radical (unpaired) electrons. The quantitative estimate of drug-likeness (QED) is 0.641. The molecule has 0 aliphatic carbocycles. The molecule has 2 unspecified atom stereocenters. The van der Waals surface area contributed by atoms with Crippen molar-refractivity contribution in [3.05, 3.63) is 18.2 Å². The van der Waals surface area contributed by atoms with Crippen LogP contribution in [0.2, 0.25) is 0 Å². The molecule has 0 saturated heterocycles. The highest BCUT2D eigenvalue weighted by Crippen LogP contribution is 2.26. The molecule has 2 bridgehead atoms. The smallest absolute Gasteiger partial charge is 0.218 e. The van der Waals surface area contributed by atoms with Crippen molar-refractivity contribution in [3.8, 4) is 5.75 Å². The number of carbonyl (C=O) groups excluding carboxylic acids is 1. The van der Waals surface area contributed by atoms with E-state index in [4.69, 9.17) is 20.4 Å². The third kappa shape index (κ3) is 5.58. The van der Waals surface area contributed by atoms with Crippen LogP contribution in [-0.4, -0.2) is 34.8 Å². The predicted octanol–water partition coefficient (Wildman–Crippen LogP) is 0.797. The monoisotopic (exact) mass is 268 g/mol. The van der Waals surface area contributed by atoms with Crippen LogP contribution in [0.3, 0.4) is 0 Å². The molecule has 19 heavy (non-hydrogen) atoms.